The fraction of sp³-hybridized carbons (Fsp3) is 0.235. The molecule has 0 spiro atoms. The molecule has 2 amide bonds. The molecule has 118 valence electrons. The van der Waals surface area contributed by atoms with Gasteiger partial charge in [0, 0.05) is 18.3 Å². The summed E-state index contributed by atoms with van der Waals surface area (Å²) in [6.07, 6.45) is 3.95. The van der Waals surface area contributed by atoms with Gasteiger partial charge < -0.3 is 0 Å². The number of benzene rings is 1. The lowest BCUT2D eigenvalue weighted by molar-refractivity contribution is -0.129. The zero-order chi connectivity index (χ0) is 16.2. The van der Waals surface area contributed by atoms with Crippen LogP contribution in [0, 0.1) is 11.7 Å². The number of pyridine rings is 1. The molecule has 2 atom stereocenters. The molecule has 0 aliphatic heterocycles. The molecule has 1 aromatic heterocycles. The van der Waals surface area contributed by atoms with Crippen molar-refractivity contribution in [3.63, 3.8) is 0 Å². The predicted molar refractivity (Wildman–Crippen MR) is 81.5 cm³/mol. The van der Waals surface area contributed by atoms with E-state index in [0.717, 1.165) is 5.56 Å². The monoisotopic (exact) mass is 313 g/mol. The minimum absolute atomic E-state index is 0.117. The van der Waals surface area contributed by atoms with E-state index < -0.39 is 0 Å². The van der Waals surface area contributed by atoms with E-state index in [1.54, 1.807) is 42.7 Å². The van der Waals surface area contributed by atoms with Crippen LogP contribution < -0.4 is 10.9 Å². The van der Waals surface area contributed by atoms with Gasteiger partial charge in [0.15, 0.2) is 0 Å². The van der Waals surface area contributed by atoms with Gasteiger partial charge in [-0.3, -0.25) is 25.4 Å². The summed E-state index contributed by atoms with van der Waals surface area (Å²) in [7, 11) is 0. The minimum atomic E-state index is -0.312. The number of carbonyl (C=O) groups excluding carboxylic acids is 2. The van der Waals surface area contributed by atoms with Crippen molar-refractivity contribution >= 4 is 11.8 Å². The Morgan fingerprint density at radius 2 is 1.87 bits per heavy atom. The summed E-state index contributed by atoms with van der Waals surface area (Å²) in [6.45, 7) is 0. The van der Waals surface area contributed by atoms with Crippen LogP contribution in [0.4, 0.5) is 4.39 Å². The number of nitrogens with zero attached hydrogens (tertiary/aromatic N) is 1. The van der Waals surface area contributed by atoms with Gasteiger partial charge in [-0.2, -0.15) is 0 Å². The maximum absolute atomic E-state index is 13.7. The number of hydrazine groups is 1. The Balaban J connectivity index is 1.48. The second-order valence-electron chi connectivity index (χ2n) is 5.54. The average molecular weight is 313 g/mol. The third kappa shape index (κ3) is 3.71. The largest absolute Gasteiger partial charge is 0.273 e. The molecule has 1 aliphatic rings. The molecule has 1 aliphatic carbocycles. The second kappa shape index (κ2) is 6.56. The molecule has 0 radical (unpaired) electrons. The number of nitrogens with one attached hydrogen (secondary N) is 2. The molecule has 0 bridgehead atoms. The van der Waals surface area contributed by atoms with Crippen molar-refractivity contribution in [3.05, 3.63) is 65.7 Å². The molecule has 6 heteroatoms. The molecule has 5 nitrogen and oxygen atoms in total. The van der Waals surface area contributed by atoms with Crippen LogP contribution in [0.1, 0.15) is 23.5 Å². The first-order chi connectivity index (χ1) is 11.1. The minimum Gasteiger partial charge on any atom is -0.273 e. The van der Waals surface area contributed by atoms with Gasteiger partial charge in [-0.1, -0.05) is 18.2 Å². The number of amides is 2. The zero-order valence-electron chi connectivity index (χ0n) is 12.3. The molecule has 1 heterocycles. The normalized spacial score (nSPS) is 19.0. The molecule has 23 heavy (non-hydrogen) atoms. The lowest BCUT2D eigenvalue weighted by Gasteiger charge is -2.07. The van der Waals surface area contributed by atoms with Gasteiger partial charge in [-0.15, -0.1) is 0 Å². The Labute approximate surface area is 132 Å². The summed E-state index contributed by atoms with van der Waals surface area (Å²) in [5.41, 5.74) is 6.15. The average Bonchev–Trinajstić information content (AvgIpc) is 3.34. The Morgan fingerprint density at radius 3 is 2.61 bits per heavy atom. The van der Waals surface area contributed by atoms with Crippen LogP contribution in [0.25, 0.3) is 0 Å². The van der Waals surface area contributed by atoms with Crippen molar-refractivity contribution in [1.82, 2.24) is 15.8 Å². The standard InChI is InChI=1S/C17H16FN3O2/c18-15-4-2-1-3-12(15)13-10-14(13)17(23)21-20-16(22)9-11-5-7-19-8-6-11/h1-8,13-14H,9-10H2,(H,20,22)(H,21,23)/t13-,14-/m0/s1. The van der Waals surface area contributed by atoms with Crippen LogP contribution in [0.5, 0.6) is 0 Å². The van der Waals surface area contributed by atoms with Crippen LogP contribution >= 0.6 is 0 Å². The summed E-state index contributed by atoms with van der Waals surface area (Å²) >= 11 is 0. The number of aromatic nitrogens is 1. The van der Waals surface area contributed by atoms with E-state index in [9.17, 15) is 14.0 Å². The van der Waals surface area contributed by atoms with E-state index in [2.05, 4.69) is 15.8 Å². The fourth-order valence-corrected chi connectivity index (χ4v) is 2.56. The SMILES string of the molecule is O=C(Cc1ccncc1)NNC(=O)[C@H]1C[C@H]1c1ccccc1F. The third-order valence-electron chi connectivity index (χ3n) is 3.87. The lowest BCUT2D eigenvalue weighted by atomic mass is 10.1. The first-order valence-electron chi connectivity index (χ1n) is 7.37. The topological polar surface area (TPSA) is 71.1 Å². The van der Waals surface area contributed by atoms with Gasteiger partial charge >= 0.3 is 0 Å². The highest BCUT2D eigenvalue weighted by Crippen LogP contribution is 2.48. The Kier molecular flexibility index (Phi) is 4.32. The van der Waals surface area contributed by atoms with E-state index in [1.807, 2.05) is 0 Å². The van der Waals surface area contributed by atoms with Crippen LogP contribution in [0.3, 0.4) is 0 Å². The maximum atomic E-state index is 13.7. The van der Waals surface area contributed by atoms with Gasteiger partial charge in [-0.25, -0.2) is 4.39 Å². The van der Waals surface area contributed by atoms with Crippen molar-refractivity contribution in [2.75, 3.05) is 0 Å². The number of hydrogen-bond acceptors (Lipinski definition) is 3. The maximum Gasteiger partial charge on any atom is 0.242 e. The molecular formula is C17H16FN3O2. The Hall–Kier alpha value is -2.76. The molecule has 3 rings (SSSR count). The first kappa shape index (κ1) is 15.1. The molecule has 1 aromatic carbocycles. The highest BCUT2D eigenvalue weighted by Gasteiger charge is 2.45. The predicted octanol–water partition coefficient (Wildman–Crippen LogP) is 1.71. The van der Waals surface area contributed by atoms with E-state index in [4.69, 9.17) is 0 Å². The van der Waals surface area contributed by atoms with E-state index in [1.165, 1.54) is 6.07 Å². The van der Waals surface area contributed by atoms with Crippen LogP contribution in [-0.2, 0) is 16.0 Å². The van der Waals surface area contributed by atoms with E-state index >= 15 is 0 Å². The van der Waals surface area contributed by atoms with Gasteiger partial charge in [0.25, 0.3) is 0 Å². The number of halogens is 1. The molecule has 2 aromatic rings. The van der Waals surface area contributed by atoms with Crippen LogP contribution in [-0.4, -0.2) is 16.8 Å². The summed E-state index contributed by atoms with van der Waals surface area (Å²) in [6, 6.07) is 9.92. The molecule has 0 saturated heterocycles. The summed E-state index contributed by atoms with van der Waals surface area (Å²) in [5, 5.41) is 0. The number of rotatable bonds is 4. The second-order valence-corrected chi connectivity index (χ2v) is 5.54. The van der Waals surface area contributed by atoms with Crippen LogP contribution in [0.15, 0.2) is 48.8 Å². The van der Waals surface area contributed by atoms with Crippen molar-refractivity contribution < 1.29 is 14.0 Å². The fourth-order valence-electron chi connectivity index (χ4n) is 2.56. The number of carbonyl (C=O) groups is 2. The Bertz CT molecular complexity index is 721. The van der Waals surface area contributed by atoms with Crippen molar-refractivity contribution in [2.24, 2.45) is 5.92 Å². The van der Waals surface area contributed by atoms with Crippen LogP contribution in [0.2, 0.25) is 0 Å². The highest BCUT2D eigenvalue weighted by molar-refractivity contribution is 5.86. The van der Waals surface area contributed by atoms with Crippen molar-refractivity contribution in [3.8, 4) is 0 Å². The van der Waals surface area contributed by atoms with Gasteiger partial charge in [0.1, 0.15) is 5.82 Å². The third-order valence-corrected chi connectivity index (χ3v) is 3.87. The van der Waals surface area contributed by atoms with E-state index in [-0.39, 0.29) is 35.9 Å². The number of hydrogen-bond donors (Lipinski definition) is 2. The van der Waals surface area contributed by atoms with Gasteiger partial charge in [0.2, 0.25) is 11.8 Å². The Morgan fingerprint density at radius 1 is 1.13 bits per heavy atom. The van der Waals surface area contributed by atoms with E-state index in [0.29, 0.717) is 12.0 Å². The quantitative estimate of drug-likeness (QED) is 0.844. The van der Waals surface area contributed by atoms with Crippen molar-refractivity contribution in [1.29, 1.82) is 0 Å². The highest BCUT2D eigenvalue weighted by atomic mass is 19.1. The zero-order valence-corrected chi connectivity index (χ0v) is 12.3. The molecule has 0 unspecified atom stereocenters. The molecular weight excluding hydrogens is 297 g/mol. The summed E-state index contributed by atoms with van der Waals surface area (Å²) in [4.78, 5) is 27.6. The summed E-state index contributed by atoms with van der Waals surface area (Å²) < 4.78 is 13.7. The van der Waals surface area contributed by atoms with Gasteiger partial charge in [-0.05, 0) is 41.7 Å². The van der Waals surface area contributed by atoms with Gasteiger partial charge in [0.05, 0.1) is 6.42 Å². The first-order valence-corrected chi connectivity index (χ1v) is 7.37. The summed E-state index contributed by atoms with van der Waals surface area (Å²) in [5.74, 6) is -1.31. The molecule has 1 saturated carbocycles. The smallest absolute Gasteiger partial charge is 0.242 e. The lowest BCUT2D eigenvalue weighted by Crippen LogP contribution is -2.43. The molecule has 2 N–H and O–H groups in total. The van der Waals surface area contributed by atoms with Crippen molar-refractivity contribution in [2.45, 2.75) is 18.8 Å². The molecule has 1 fully saturated rings.